The minimum Gasteiger partial charge on any atom is -0.367 e. The molecule has 24 heavy (non-hydrogen) atoms. The lowest BCUT2D eigenvalue weighted by molar-refractivity contribution is -0.0370. The Morgan fingerprint density at radius 3 is 1.25 bits per heavy atom. The first-order chi connectivity index (χ1) is 11.3. The van der Waals surface area contributed by atoms with Crippen LogP contribution < -0.4 is 5.32 Å². The molecule has 0 saturated carbocycles. The minimum atomic E-state index is -1.21. The summed E-state index contributed by atoms with van der Waals surface area (Å²) in [6, 6.07) is 0. The van der Waals surface area contributed by atoms with Gasteiger partial charge in [0.25, 0.3) is 0 Å². The largest absolute Gasteiger partial charge is 0.367 e. The zero-order valence-corrected chi connectivity index (χ0v) is 16.9. The minimum absolute atomic E-state index is 0. The third-order valence-electron chi connectivity index (χ3n) is 4.53. The zero-order chi connectivity index (χ0) is 17.0. The molecule has 0 fully saturated rings. The number of aliphatic hydroxyl groups is 2. The first kappa shape index (κ1) is 26.4. The number of hydrogen-bond acceptors (Lipinski definition) is 3. The topological polar surface area (TPSA) is 52.5 Å². The maximum Gasteiger partial charge on any atom is 0.164 e. The molecule has 0 rings (SSSR count). The Bertz CT molecular complexity index is 216. The lowest BCUT2D eigenvalue weighted by atomic mass is 10.0. The van der Waals surface area contributed by atoms with Crippen LogP contribution in [0.4, 0.5) is 0 Å². The smallest absolute Gasteiger partial charge is 0.164 e. The number of hydrogen-bond donors (Lipinski definition) is 3. The lowest BCUT2D eigenvalue weighted by Gasteiger charge is -2.06. The number of aliphatic hydroxyl groups excluding tert-OH is 1. The van der Waals surface area contributed by atoms with Crippen molar-refractivity contribution >= 4 is 12.4 Å². The highest BCUT2D eigenvalue weighted by Crippen LogP contribution is 2.13. The van der Waals surface area contributed by atoms with E-state index in [1.54, 1.807) is 0 Å². The van der Waals surface area contributed by atoms with E-state index in [2.05, 4.69) is 12.2 Å². The molecule has 0 unspecified atom stereocenters. The third kappa shape index (κ3) is 24.4. The Morgan fingerprint density at radius 1 is 0.583 bits per heavy atom. The summed E-state index contributed by atoms with van der Waals surface area (Å²) in [6.07, 6.45) is 21.0. The fraction of sp³-hybridized carbons (Fsp3) is 1.00. The van der Waals surface area contributed by atoms with E-state index in [0.717, 1.165) is 13.0 Å². The van der Waals surface area contributed by atoms with E-state index >= 15 is 0 Å². The number of rotatable bonds is 19. The van der Waals surface area contributed by atoms with E-state index < -0.39 is 6.29 Å². The molecule has 0 aromatic rings. The highest BCUT2D eigenvalue weighted by molar-refractivity contribution is 5.85. The second kappa shape index (κ2) is 23.2. The van der Waals surface area contributed by atoms with Gasteiger partial charge >= 0.3 is 0 Å². The molecule has 0 aromatic carbocycles. The number of nitrogens with one attached hydrogen (secondary N) is 1. The van der Waals surface area contributed by atoms with Gasteiger partial charge in [-0.2, -0.15) is 0 Å². The molecule has 0 radical (unpaired) electrons. The standard InChI is InChI=1S/C20H43NO2.ClH/c1-2-3-4-5-6-7-8-9-10-11-12-13-14-15-16-17-18-21-19-20(22)23;/h20-23H,2-19H2,1H3;1H. The quantitative estimate of drug-likeness (QED) is 0.207. The molecule has 0 amide bonds. The summed E-state index contributed by atoms with van der Waals surface area (Å²) in [7, 11) is 0. The van der Waals surface area contributed by atoms with Crippen molar-refractivity contribution in [3.63, 3.8) is 0 Å². The van der Waals surface area contributed by atoms with Crippen LogP contribution in [0.1, 0.15) is 110 Å². The van der Waals surface area contributed by atoms with Gasteiger partial charge in [0.1, 0.15) is 0 Å². The van der Waals surface area contributed by atoms with Crippen molar-refractivity contribution in [2.75, 3.05) is 13.1 Å². The Morgan fingerprint density at radius 2 is 0.917 bits per heavy atom. The molecule has 0 aromatic heterocycles. The molecule has 3 nitrogen and oxygen atoms in total. The first-order valence-electron chi connectivity index (χ1n) is 10.3. The Hall–Kier alpha value is 0.170. The molecule has 148 valence electrons. The van der Waals surface area contributed by atoms with Crippen LogP contribution >= 0.6 is 12.4 Å². The van der Waals surface area contributed by atoms with Crippen molar-refractivity contribution in [3.8, 4) is 0 Å². The van der Waals surface area contributed by atoms with Crippen molar-refractivity contribution < 1.29 is 10.2 Å². The van der Waals surface area contributed by atoms with E-state index in [4.69, 9.17) is 10.2 Å². The molecule has 0 aliphatic rings. The molecule has 0 bridgehead atoms. The van der Waals surface area contributed by atoms with Gasteiger partial charge in [0.05, 0.1) is 0 Å². The van der Waals surface area contributed by atoms with Crippen LogP contribution in [0.3, 0.4) is 0 Å². The van der Waals surface area contributed by atoms with Crippen molar-refractivity contribution in [1.29, 1.82) is 0 Å². The summed E-state index contributed by atoms with van der Waals surface area (Å²) < 4.78 is 0. The van der Waals surface area contributed by atoms with Crippen LogP contribution in [-0.4, -0.2) is 29.6 Å². The average molecular weight is 366 g/mol. The van der Waals surface area contributed by atoms with Crippen LogP contribution in [-0.2, 0) is 0 Å². The molecule has 0 heterocycles. The Balaban J connectivity index is 0. The summed E-state index contributed by atoms with van der Waals surface area (Å²) in [6.45, 7) is 3.47. The zero-order valence-electron chi connectivity index (χ0n) is 16.1. The van der Waals surface area contributed by atoms with Gasteiger partial charge in [-0.15, -0.1) is 12.4 Å². The normalized spacial score (nSPS) is 11.0. The van der Waals surface area contributed by atoms with E-state index in [9.17, 15) is 0 Å². The lowest BCUT2D eigenvalue weighted by Crippen LogP contribution is -2.26. The predicted molar refractivity (Wildman–Crippen MR) is 108 cm³/mol. The van der Waals surface area contributed by atoms with Crippen LogP contribution in [0.15, 0.2) is 0 Å². The second-order valence-electron chi connectivity index (χ2n) is 6.99. The SMILES string of the molecule is CCCCCCCCCCCCCCCCCCNCC(O)O.Cl. The van der Waals surface area contributed by atoms with Gasteiger partial charge in [-0.25, -0.2) is 0 Å². The summed E-state index contributed by atoms with van der Waals surface area (Å²) in [4.78, 5) is 0. The molecule has 3 N–H and O–H groups in total. The van der Waals surface area contributed by atoms with Crippen LogP contribution in [0.2, 0.25) is 0 Å². The van der Waals surface area contributed by atoms with Crippen molar-refractivity contribution in [3.05, 3.63) is 0 Å². The molecule has 0 aliphatic carbocycles. The molecule has 4 heteroatoms. The first-order valence-corrected chi connectivity index (χ1v) is 10.3. The van der Waals surface area contributed by atoms with E-state index in [1.807, 2.05) is 0 Å². The highest BCUT2D eigenvalue weighted by Gasteiger charge is 1.96. The van der Waals surface area contributed by atoms with Gasteiger partial charge in [0, 0.05) is 6.54 Å². The van der Waals surface area contributed by atoms with Gasteiger partial charge in [-0.1, -0.05) is 103 Å². The fourth-order valence-corrected chi connectivity index (χ4v) is 3.03. The number of unbranched alkanes of at least 4 members (excludes halogenated alkanes) is 15. The van der Waals surface area contributed by atoms with Crippen molar-refractivity contribution in [1.82, 2.24) is 5.32 Å². The molecule has 0 atom stereocenters. The molecular weight excluding hydrogens is 322 g/mol. The monoisotopic (exact) mass is 365 g/mol. The van der Waals surface area contributed by atoms with E-state index in [-0.39, 0.29) is 12.4 Å². The van der Waals surface area contributed by atoms with Gasteiger partial charge < -0.3 is 15.5 Å². The maximum atomic E-state index is 8.68. The van der Waals surface area contributed by atoms with Gasteiger partial charge in [-0.3, -0.25) is 0 Å². The maximum absolute atomic E-state index is 8.68. The molecule has 0 aliphatic heterocycles. The van der Waals surface area contributed by atoms with Crippen molar-refractivity contribution in [2.45, 2.75) is 116 Å². The van der Waals surface area contributed by atoms with Crippen LogP contribution in [0, 0.1) is 0 Å². The summed E-state index contributed by atoms with van der Waals surface area (Å²) in [5.74, 6) is 0. The van der Waals surface area contributed by atoms with Crippen LogP contribution in [0.25, 0.3) is 0 Å². The average Bonchev–Trinajstić information content (AvgIpc) is 2.53. The molecular formula is C20H44ClNO2. The van der Waals surface area contributed by atoms with Gasteiger partial charge in [-0.05, 0) is 13.0 Å². The third-order valence-corrected chi connectivity index (χ3v) is 4.53. The van der Waals surface area contributed by atoms with E-state index in [0.29, 0.717) is 6.54 Å². The van der Waals surface area contributed by atoms with Crippen molar-refractivity contribution in [2.24, 2.45) is 0 Å². The van der Waals surface area contributed by atoms with E-state index in [1.165, 1.54) is 96.3 Å². The summed E-state index contributed by atoms with van der Waals surface area (Å²) in [5, 5.41) is 20.4. The summed E-state index contributed by atoms with van der Waals surface area (Å²) in [5.41, 5.74) is 0. The van der Waals surface area contributed by atoms with Crippen LogP contribution in [0.5, 0.6) is 0 Å². The summed E-state index contributed by atoms with van der Waals surface area (Å²) >= 11 is 0. The predicted octanol–water partition coefficient (Wildman–Crippen LogP) is 5.57. The Labute approximate surface area is 157 Å². The fourth-order valence-electron chi connectivity index (χ4n) is 3.03. The molecule has 0 saturated heterocycles. The Kier molecular flexibility index (Phi) is 25.5. The van der Waals surface area contributed by atoms with Gasteiger partial charge in [0.2, 0.25) is 0 Å². The van der Waals surface area contributed by atoms with Gasteiger partial charge in [0.15, 0.2) is 6.29 Å². The molecule has 0 spiro atoms. The highest BCUT2D eigenvalue weighted by atomic mass is 35.5. The number of halogens is 1. The second-order valence-corrected chi connectivity index (χ2v) is 6.99.